The van der Waals surface area contributed by atoms with E-state index < -0.39 is 0 Å². The minimum absolute atomic E-state index is 0.872. The molecule has 1 aliphatic rings. The van der Waals surface area contributed by atoms with Crippen molar-refractivity contribution < 1.29 is 0 Å². The van der Waals surface area contributed by atoms with Crippen molar-refractivity contribution in [3.63, 3.8) is 0 Å². The lowest BCUT2D eigenvalue weighted by molar-refractivity contribution is 0.235. The molecule has 0 saturated heterocycles. The second kappa shape index (κ2) is 5.49. The molecule has 0 amide bonds. The molecule has 1 aliphatic heterocycles. The van der Waals surface area contributed by atoms with Crippen molar-refractivity contribution in [2.75, 3.05) is 13.1 Å². The summed E-state index contributed by atoms with van der Waals surface area (Å²) in [7, 11) is 0. The summed E-state index contributed by atoms with van der Waals surface area (Å²) in [6.45, 7) is 8.32. The summed E-state index contributed by atoms with van der Waals surface area (Å²) in [4.78, 5) is 2.61. The maximum atomic E-state index is 2.61. The zero-order chi connectivity index (χ0) is 11.4. The van der Waals surface area contributed by atoms with Gasteiger partial charge in [-0.2, -0.15) is 0 Å². The molecule has 2 rings (SSSR count). The Morgan fingerprint density at radius 1 is 1.25 bits per heavy atom. The van der Waals surface area contributed by atoms with E-state index in [4.69, 9.17) is 0 Å². The van der Waals surface area contributed by atoms with Crippen LogP contribution in [0.5, 0.6) is 0 Å². The summed E-state index contributed by atoms with van der Waals surface area (Å²) < 4.78 is 0. The van der Waals surface area contributed by atoms with Crippen molar-refractivity contribution in [2.24, 2.45) is 5.92 Å². The van der Waals surface area contributed by atoms with Crippen LogP contribution in [0.1, 0.15) is 37.8 Å². The van der Waals surface area contributed by atoms with E-state index in [1.165, 1.54) is 37.9 Å². The third-order valence-corrected chi connectivity index (χ3v) is 3.84. The molecule has 1 nitrogen and oxygen atoms in total. The lowest BCUT2D eigenvalue weighted by atomic mass is 9.98. The van der Waals surface area contributed by atoms with Crippen LogP contribution in [-0.2, 0) is 13.0 Å². The first-order valence-corrected chi connectivity index (χ1v) is 6.58. The van der Waals surface area contributed by atoms with Crippen molar-refractivity contribution in [3.8, 4) is 0 Å². The summed E-state index contributed by atoms with van der Waals surface area (Å²) in [5, 5.41) is 0. The molecule has 0 bridgehead atoms. The smallest absolute Gasteiger partial charge is 0.0236 e. The molecule has 0 N–H and O–H groups in total. The zero-order valence-corrected chi connectivity index (χ0v) is 10.6. The highest BCUT2D eigenvalue weighted by molar-refractivity contribution is 5.28. The van der Waals surface area contributed by atoms with E-state index in [1.807, 2.05) is 0 Å². The van der Waals surface area contributed by atoms with Gasteiger partial charge >= 0.3 is 0 Å². The topological polar surface area (TPSA) is 3.24 Å². The number of hydrogen-bond donors (Lipinski definition) is 0. The molecule has 88 valence electrons. The van der Waals surface area contributed by atoms with Crippen molar-refractivity contribution in [1.82, 2.24) is 4.90 Å². The molecule has 0 spiro atoms. The maximum absolute atomic E-state index is 2.61. The van der Waals surface area contributed by atoms with E-state index in [-0.39, 0.29) is 0 Å². The Balaban J connectivity index is 1.88. The van der Waals surface area contributed by atoms with Crippen LogP contribution in [0.2, 0.25) is 0 Å². The lowest BCUT2D eigenvalue weighted by Crippen LogP contribution is -2.31. The lowest BCUT2D eigenvalue weighted by Gasteiger charge is -2.29. The van der Waals surface area contributed by atoms with Gasteiger partial charge in [-0.25, -0.2) is 0 Å². The molecule has 0 fully saturated rings. The van der Waals surface area contributed by atoms with Crippen LogP contribution in [0.3, 0.4) is 0 Å². The summed E-state index contributed by atoms with van der Waals surface area (Å²) in [5.74, 6) is 0.872. The number of hydrogen-bond acceptors (Lipinski definition) is 1. The Bertz CT molecular complexity index is 332. The number of nitrogens with zero attached hydrogens (tertiary/aromatic N) is 1. The van der Waals surface area contributed by atoms with Gasteiger partial charge in [0.1, 0.15) is 0 Å². The molecule has 1 aromatic rings. The number of benzene rings is 1. The van der Waals surface area contributed by atoms with Gasteiger partial charge in [0.25, 0.3) is 0 Å². The van der Waals surface area contributed by atoms with Gasteiger partial charge in [-0.15, -0.1) is 0 Å². The molecule has 1 atom stereocenters. The Labute approximate surface area is 99.5 Å². The Hall–Kier alpha value is -0.820. The number of fused-ring (bicyclic) bond motifs is 1. The molecule has 1 heteroatoms. The van der Waals surface area contributed by atoms with Gasteiger partial charge in [-0.1, -0.05) is 44.5 Å². The fourth-order valence-corrected chi connectivity index (χ4v) is 2.35. The molecule has 0 aliphatic carbocycles. The van der Waals surface area contributed by atoms with E-state index in [0.717, 1.165) is 12.5 Å². The third kappa shape index (κ3) is 2.85. The van der Waals surface area contributed by atoms with Crippen molar-refractivity contribution in [3.05, 3.63) is 35.4 Å². The third-order valence-electron chi connectivity index (χ3n) is 3.84. The molecule has 1 heterocycles. The first-order valence-electron chi connectivity index (χ1n) is 6.58. The predicted molar refractivity (Wildman–Crippen MR) is 69.5 cm³/mol. The van der Waals surface area contributed by atoms with E-state index in [9.17, 15) is 0 Å². The Kier molecular flexibility index (Phi) is 4.00. The average molecular weight is 217 g/mol. The van der Waals surface area contributed by atoms with Gasteiger partial charge in [-0.05, 0) is 36.4 Å². The molecule has 0 radical (unpaired) electrons. The Morgan fingerprint density at radius 3 is 2.75 bits per heavy atom. The largest absolute Gasteiger partial charge is 0.299 e. The molecule has 1 unspecified atom stereocenters. The summed E-state index contributed by atoms with van der Waals surface area (Å²) in [5.41, 5.74) is 3.10. The maximum Gasteiger partial charge on any atom is 0.0236 e. The van der Waals surface area contributed by atoms with Crippen LogP contribution in [0.25, 0.3) is 0 Å². The van der Waals surface area contributed by atoms with Crippen LogP contribution in [0.15, 0.2) is 24.3 Å². The zero-order valence-electron chi connectivity index (χ0n) is 10.6. The van der Waals surface area contributed by atoms with Gasteiger partial charge in [-0.3, -0.25) is 4.90 Å². The minimum Gasteiger partial charge on any atom is -0.299 e. The van der Waals surface area contributed by atoms with Crippen molar-refractivity contribution in [2.45, 2.75) is 39.7 Å². The summed E-state index contributed by atoms with van der Waals surface area (Å²) >= 11 is 0. The molecule has 1 aromatic carbocycles. The Morgan fingerprint density at radius 2 is 2.00 bits per heavy atom. The second-order valence-corrected chi connectivity index (χ2v) is 5.10. The fraction of sp³-hybridized carbons (Fsp3) is 0.600. The van der Waals surface area contributed by atoms with E-state index in [2.05, 4.69) is 43.0 Å². The summed E-state index contributed by atoms with van der Waals surface area (Å²) in [6, 6.07) is 8.89. The first kappa shape index (κ1) is 11.7. The van der Waals surface area contributed by atoms with Crippen LogP contribution in [0, 0.1) is 5.92 Å². The number of rotatable bonds is 4. The van der Waals surface area contributed by atoms with E-state index in [1.54, 1.807) is 5.56 Å². The monoisotopic (exact) mass is 217 g/mol. The SMILES string of the molecule is CCC(C)CCN1CCc2ccccc2C1. The van der Waals surface area contributed by atoms with Crippen LogP contribution in [0.4, 0.5) is 0 Å². The molecular formula is C15H23N. The van der Waals surface area contributed by atoms with Gasteiger partial charge in [0.05, 0.1) is 0 Å². The fourth-order valence-electron chi connectivity index (χ4n) is 2.35. The van der Waals surface area contributed by atoms with Gasteiger partial charge in [0, 0.05) is 13.1 Å². The average Bonchev–Trinajstić information content (AvgIpc) is 2.35. The highest BCUT2D eigenvalue weighted by Crippen LogP contribution is 2.19. The summed E-state index contributed by atoms with van der Waals surface area (Å²) in [6.07, 6.45) is 3.89. The predicted octanol–water partition coefficient (Wildman–Crippen LogP) is 3.48. The van der Waals surface area contributed by atoms with Crippen LogP contribution < -0.4 is 0 Å². The standard InChI is InChI=1S/C15H23N/c1-3-13(2)8-10-16-11-9-14-6-4-5-7-15(14)12-16/h4-7,13H,3,8-12H2,1-2H3. The highest BCUT2D eigenvalue weighted by atomic mass is 15.1. The van der Waals surface area contributed by atoms with E-state index >= 15 is 0 Å². The molecule has 16 heavy (non-hydrogen) atoms. The molecule has 0 saturated carbocycles. The van der Waals surface area contributed by atoms with Crippen LogP contribution >= 0.6 is 0 Å². The highest BCUT2D eigenvalue weighted by Gasteiger charge is 2.15. The van der Waals surface area contributed by atoms with E-state index in [0.29, 0.717) is 0 Å². The van der Waals surface area contributed by atoms with Crippen LogP contribution in [-0.4, -0.2) is 18.0 Å². The second-order valence-electron chi connectivity index (χ2n) is 5.10. The van der Waals surface area contributed by atoms with Crippen molar-refractivity contribution in [1.29, 1.82) is 0 Å². The van der Waals surface area contributed by atoms with Crippen molar-refractivity contribution >= 4 is 0 Å². The van der Waals surface area contributed by atoms with Gasteiger partial charge < -0.3 is 0 Å². The minimum atomic E-state index is 0.872. The quantitative estimate of drug-likeness (QED) is 0.746. The molecular weight excluding hydrogens is 194 g/mol. The van der Waals surface area contributed by atoms with Gasteiger partial charge in [0.15, 0.2) is 0 Å². The molecule has 0 aromatic heterocycles. The first-order chi connectivity index (χ1) is 7.79. The van der Waals surface area contributed by atoms with Gasteiger partial charge in [0.2, 0.25) is 0 Å². The normalized spacial score (nSPS) is 18.1.